The van der Waals surface area contributed by atoms with Crippen LogP contribution in [0.1, 0.15) is 28.5 Å². The van der Waals surface area contributed by atoms with Crippen molar-refractivity contribution in [3.8, 4) is 22.4 Å². The molecule has 182 valence electrons. The first kappa shape index (κ1) is 24.8. The molecule has 0 aliphatic heterocycles. The van der Waals surface area contributed by atoms with Crippen LogP contribution in [-0.2, 0) is 14.6 Å². The monoisotopic (exact) mass is 500 g/mol. The zero-order valence-electron chi connectivity index (χ0n) is 19.5. The van der Waals surface area contributed by atoms with Crippen molar-refractivity contribution in [2.75, 3.05) is 6.26 Å². The molecule has 1 atom stereocenters. The fourth-order valence-corrected chi connectivity index (χ4v) is 4.42. The van der Waals surface area contributed by atoms with E-state index in [2.05, 4.69) is 10.3 Å². The summed E-state index contributed by atoms with van der Waals surface area (Å²) >= 11 is 0. The summed E-state index contributed by atoms with van der Waals surface area (Å²) in [6, 6.07) is 27.6. The lowest BCUT2D eigenvalue weighted by molar-refractivity contribution is -0.137. The molecule has 3 aromatic carbocycles. The summed E-state index contributed by atoms with van der Waals surface area (Å²) in [6.45, 7) is 0. The quantitative estimate of drug-likeness (QED) is 0.360. The predicted molar refractivity (Wildman–Crippen MR) is 137 cm³/mol. The number of nitrogens with zero attached hydrogens (tertiary/aromatic N) is 1. The van der Waals surface area contributed by atoms with Gasteiger partial charge in [0, 0.05) is 11.8 Å². The zero-order valence-corrected chi connectivity index (χ0v) is 20.3. The summed E-state index contributed by atoms with van der Waals surface area (Å²) in [7, 11) is -3.32. The van der Waals surface area contributed by atoms with Crippen LogP contribution >= 0.6 is 0 Å². The summed E-state index contributed by atoms with van der Waals surface area (Å²) in [4.78, 5) is 29.1. The van der Waals surface area contributed by atoms with Crippen LogP contribution in [0.25, 0.3) is 22.4 Å². The van der Waals surface area contributed by atoms with E-state index in [4.69, 9.17) is 0 Å². The van der Waals surface area contributed by atoms with Crippen molar-refractivity contribution >= 4 is 21.7 Å². The van der Waals surface area contributed by atoms with Gasteiger partial charge in [0.15, 0.2) is 9.84 Å². The molecule has 36 heavy (non-hydrogen) atoms. The lowest BCUT2D eigenvalue weighted by Gasteiger charge is -2.18. The maximum atomic E-state index is 13.0. The first-order valence-corrected chi connectivity index (χ1v) is 13.1. The molecule has 0 fully saturated rings. The first-order chi connectivity index (χ1) is 17.2. The van der Waals surface area contributed by atoms with Crippen LogP contribution in [0.4, 0.5) is 0 Å². The third-order valence-electron chi connectivity index (χ3n) is 5.66. The van der Waals surface area contributed by atoms with Gasteiger partial charge in [-0.3, -0.25) is 9.59 Å². The van der Waals surface area contributed by atoms with Crippen LogP contribution in [-0.4, -0.2) is 36.6 Å². The van der Waals surface area contributed by atoms with Gasteiger partial charge in [-0.15, -0.1) is 0 Å². The molecular weight excluding hydrogens is 476 g/mol. The number of rotatable bonds is 8. The van der Waals surface area contributed by atoms with E-state index in [1.54, 1.807) is 30.3 Å². The number of aromatic nitrogens is 1. The van der Waals surface area contributed by atoms with Crippen LogP contribution in [0.3, 0.4) is 0 Å². The van der Waals surface area contributed by atoms with Gasteiger partial charge in [-0.2, -0.15) is 0 Å². The Bertz CT molecular complexity index is 1480. The smallest absolute Gasteiger partial charge is 0.305 e. The van der Waals surface area contributed by atoms with Crippen molar-refractivity contribution < 1.29 is 23.1 Å². The Balaban J connectivity index is 1.55. The average Bonchev–Trinajstić information content (AvgIpc) is 2.88. The molecule has 1 amide bonds. The van der Waals surface area contributed by atoms with Crippen molar-refractivity contribution in [3.63, 3.8) is 0 Å². The van der Waals surface area contributed by atoms with Crippen molar-refractivity contribution in [1.29, 1.82) is 0 Å². The molecule has 1 unspecified atom stereocenters. The summed E-state index contributed by atoms with van der Waals surface area (Å²) in [6.07, 6.45) is 0.844. The molecule has 0 aliphatic carbocycles. The third-order valence-corrected chi connectivity index (χ3v) is 6.79. The van der Waals surface area contributed by atoms with Gasteiger partial charge < -0.3 is 10.4 Å². The number of aliphatic carboxylic acids is 1. The minimum Gasteiger partial charge on any atom is -0.481 e. The standard InChI is InChI=1S/C28H24N2O5S/c1-36(34,35)23-16-14-21(15-17-23)24-8-5-9-25(29-24)28(33)30-26(18-27(31)32)22-12-10-20(11-13-22)19-6-3-2-4-7-19/h2-17,26H,18H2,1H3,(H,30,33)(H,31,32). The molecule has 0 saturated carbocycles. The second-order valence-corrected chi connectivity index (χ2v) is 10.3. The van der Waals surface area contributed by atoms with Gasteiger partial charge in [0.2, 0.25) is 0 Å². The zero-order chi connectivity index (χ0) is 25.7. The van der Waals surface area contributed by atoms with E-state index in [0.29, 0.717) is 16.8 Å². The Hall–Kier alpha value is -4.30. The normalized spacial score (nSPS) is 12.0. The summed E-state index contributed by atoms with van der Waals surface area (Å²) in [5, 5.41) is 12.2. The minimum absolute atomic E-state index is 0.121. The molecule has 0 spiro atoms. The highest BCUT2D eigenvalue weighted by Crippen LogP contribution is 2.24. The Morgan fingerprint density at radius 2 is 1.42 bits per heavy atom. The topological polar surface area (TPSA) is 113 Å². The summed E-state index contributed by atoms with van der Waals surface area (Å²) in [5.74, 6) is -1.55. The van der Waals surface area contributed by atoms with Gasteiger partial charge in [-0.05, 0) is 41.0 Å². The van der Waals surface area contributed by atoms with Crippen LogP contribution in [0.15, 0.2) is 102 Å². The number of carboxylic acids is 1. The molecule has 0 radical (unpaired) electrons. The third kappa shape index (κ3) is 6.03. The van der Waals surface area contributed by atoms with Gasteiger partial charge in [0.05, 0.1) is 23.1 Å². The van der Waals surface area contributed by atoms with Gasteiger partial charge in [0.1, 0.15) is 5.69 Å². The number of carboxylic acid groups (broad SMARTS) is 1. The van der Waals surface area contributed by atoms with E-state index < -0.39 is 27.8 Å². The molecule has 4 rings (SSSR count). The summed E-state index contributed by atoms with van der Waals surface area (Å²) < 4.78 is 23.4. The van der Waals surface area contributed by atoms with Gasteiger partial charge in [-0.25, -0.2) is 13.4 Å². The number of sulfone groups is 1. The molecule has 4 aromatic rings. The molecule has 1 heterocycles. The van der Waals surface area contributed by atoms with E-state index in [9.17, 15) is 23.1 Å². The molecule has 8 heteroatoms. The Labute approximate surface area is 209 Å². The first-order valence-electron chi connectivity index (χ1n) is 11.2. The highest BCUT2D eigenvalue weighted by atomic mass is 32.2. The molecule has 0 bridgehead atoms. The number of hydrogen-bond acceptors (Lipinski definition) is 5. The van der Waals surface area contributed by atoms with E-state index >= 15 is 0 Å². The number of benzene rings is 3. The molecule has 1 aromatic heterocycles. The Kier molecular flexibility index (Phi) is 7.26. The molecule has 0 saturated heterocycles. The largest absolute Gasteiger partial charge is 0.481 e. The van der Waals surface area contributed by atoms with Crippen molar-refractivity contribution in [2.24, 2.45) is 0 Å². The van der Waals surface area contributed by atoms with E-state index in [0.717, 1.165) is 17.4 Å². The summed E-state index contributed by atoms with van der Waals surface area (Å²) in [5.41, 5.74) is 3.94. The SMILES string of the molecule is CS(=O)(=O)c1ccc(-c2cccc(C(=O)NC(CC(=O)O)c3ccc(-c4ccccc4)cc3)n2)cc1. The minimum atomic E-state index is -3.32. The van der Waals surface area contributed by atoms with Gasteiger partial charge in [-0.1, -0.05) is 72.8 Å². The molecule has 2 N–H and O–H groups in total. The molecule has 7 nitrogen and oxygen atoms in total. The number of pyridine rings is 1. The number of carbonyl (C=O) groups excluding carboxylic acids is 1. The second kappa shape index (κ2) is 10.5. The maximum absolute atomic E-state index is 13.0. The second-order valence-electron chi connectivity index (χ2n) is 8.32. The van der Waals surface area contributed by atoms with E-state index in [-0.39, 0.29) is 17.0 Å². The van der Waals surface area contributed by atoms with Crippen molar-refractivity contribution in [1.82, 2.24) is 10.3 Å². The number of amides is 1. The molecular formula is C28H24N2O5S. The highest BCUT2D eigenvalue weighted by Gasteiger charge is 2.20. The highest BCUT2D eigenvalue weighted by molar-refractivity contribution is 7.90. The number of hydrogen-bond donors (Lipinski definition) is 2. The maximum Gasteiger partial charge on any atom is 0.305 e. The Morgan fingerprint density at radius 3 is 2.03 bits per heavy atom. The van der Waals surface area contributed by atoms with Crippen LogP contribution in [0, 0.1) is 0 Å². The fourth-order valence-electron chi connectivity index (χ4n) is 3.79. The number of carbonyl (C=O) groups is 2. The van der Waals surface area contributed by atoms with Crippen LogP contribution < -0.4 is 5.32 Å². The van der Waals surface area contributed by atoms with E-state index in [1.165, 1.54) is 12.1 Å². The van der Waals surface area contributed by atoms with Crippen LogP contribution in [0.2, 0.25) is 0 Å². The van der Waals surface area contributed by atoms with Crippen molar-refractivity contribution in [3.05, 3.63) is 108 Å². The fraction of sp³-hybridized carbons (Fsp3) is 0.107. The number of nitrogens with one attached hydrogen (secondary N) is 1. The average molecular weight is 501 g/mol. The van der Waals surface area contributed by atoms with Gasteiger partial charge in [0.25, 0.3) is 5.91 Å². The van der Waals surface area contributed by atoms with E-state index in [1.807, 2.05) is 54.6 Å². The van der Waals surface area contributed by atoms with Crippen molar-refractivity contribution in [2.45, 2.75) is 17.4 Å². The lowest BCUT2D eigenvalue weighted by atomic mass is 9.99. The van der Waals surface area contributed by atoms with Crippen LogP contribution in [0.5, 0.6) is 0 Å². The Morgan fingerprint density at radius 1 is 0.806 bits per heavy atom. The predicted octanol–water partition coefficient (Wildman–Crippen LogP) is 4.76. The van der Waals surface area contributed by atoms with Gasteiger partial charge >= 0.3 is 5.97 Å². The lowest BCUT2D eigenvalue weighted by Crippen LogP contribution is -2.30. The molecule has 0 aliphatic rings.